The van der Waals surface area contributed by atoms with Crippen LogP contribution in [0.5, 0.6) is 0 Å². The van der Waals surface area contributed by atoms with Crippen molar-refractivity contribution < 1.29 is 32.3 Å². The summed E-state index contributed by atoms with van der Waals surface area (Å²) in [4.78, 5) is 25.3. The van der Waals surface area contributed by atoms with E-state index in [-0.39, 0.29) is 22.1 Å². The number of benzene rings is 2. The number of carbonyl (C=O) groups is 2. The monoisotopic (exact) mass is 498 g/mol. The molecule has 0 radical (unpaired) electrons. The summed E-state index contributed by atoms with van der Waals surface area (Å²) in [6, 6.07) is 11.4. The number of hydrogen-bond donors (Lipinski definition) is 3. The van der Waals surface area contributed by atoms with Crippen LogP contribution in [0.2, 0.25) is 10.0 Å². The maximum atomic E-state index is 14.0. The van der Waals surface area contributed by atoms with Gasteiger partial charge in [0, 0.05) is 16.1 Å². The number of nitrogens with one attached hydrogen (secondary N) is 2. The minimum Gasteiger partial charge on any atom is -0.459 e. The fourth-order valence-corrected chi connectivity index (χ4v) is 4.09. The van der Waals surface area contributed by atoms with Gasteiger partial charge in [-0.05, 0) is 30.3 Å². The molecule has 3 atom stereocenters. The van der Waals surface area contributed by atoms with Crippen LogP contribution < -0.4 is 10.6 Å². The molecule has 1 saturated heterocycles. The number of Topliss-reactive ketones (excluding diaryl/α,β-unsaturated/α-hetero) is 1. The Morgan fingerprint density at radius 2 is 1.76 bits per heavy atom. The first-order valence-electron chi connectivity index (χ1n) is 9.53. The molecule has 11 heteroatoms. The molecule has 1 aromatic heterocycles. The fourth-order valence-electron chi connectivity index (χ4n) is 3.71. The van der Waals surface area contributed by atoms with E-state index in [2.05, 4.69) is 5.32 Å². The van der Waals surface area contributed by atoms with E-state index in [0.717, 1.165) is 0 Å². The van der Waals surface area contributed by atoms with Crippen LogP contribution in [0, 0.1) is 5.92 Å². The van der Waals surface area contributed by atoms with Gasteiger partial charge in [-0.1, -0.05) is 53.5 Å². The van der Waals surface area contributed by atoms with Crippen LogP contribution in [0.1, 0.15) is 22.2 Å². The quantitative estimate of drug-likeness (QED) is 0.422. The number of amides is 2. The van der Waals surface area contributed by atoms with Gasteiger partial charge in [-0.15, -0.1) is 0 Å². The van der Waals surface area contributed by atoms with E-state index in [1.165, 1.54) is 53.8 Å². The number of rotatable bonds is 4. The molecule has 33 heavy (non-hydrogen) atoms. The fraction of sp³-hybridized carbons (Fsp3) is 0.182. The number of halogens is 5. The molecule has 1 aliphatic rings. The van der Waals surface area contributed by atoms with E-state index in [9.17, 15) is 27.9 Å². The average Bonchev–Trinajstić information content (AvgIpc) is 3.24. The van der Waals surface area contributed by atoms with E-state index >= 15 is 0 Å². The highest BCUT2D eigenvalue weighted by Crippen LogP contribution is 2.45. The maximum Gasteiger partial charge on any atom is 0.437 e. The van der Waals surface area contributed by atoms with Crippen LogP contribution in [0.4, 0.5) is 18.0 Å². The number of hydrogen-bond acceptors (Lipinski definition) is 4. The summed E-state index contributed by atoms with van der Waals surface area (Å²) in [5.41, 5.74) is -3.58. The second kappa shape index (κ2) is 8.40. The van der Waals surface area contributed by atoms with Gasteiger partial charge in [0.05, 0.1) is 5.02 Å². The number of urea groups is 1. The maximum absolute atomic E-state index is 14.0. The summed E-state index contributed by atoms with van der Waals surface area (Å²) in [7, 11) is 0. The summed E-state index contributed by atoms with van der Waals surface area (Å²) in [5, 5.41) is 14.9. The van der Waals surface area contributed by atoms with Gasteiger partial charge in [-0.25, -0.2) is 4.79 Å². The molecule has 0 saturated carbocycles. The van der Waals surface area contributed by atoms with Gasteiger partial charge in [0.25, 0.3) is 0 Å². The Bertz CT molecular complexity index is 1220. The van der Waals surface area contributed by atoms with Crippen molar-refractivity contribution in [2.45, 2.75) is 17.9 Å². The third-order valence-electron chi connectivity index (χ3n) is 5.27. The lowest BCUT2D eigenvalue weighted by molar-refractivity contribution is -0.288. The number of aliphatic hydroxyl groups is 1. The van der Waals surface area contributed by atoms with Crippen molar-refractivity contribution in [1.82, 2.24) is 10.6 Å². The Hall–Kier alpha value is -3.01. The number of ketones is 1. The van der Waals surface area contributed by atoms with Gasteiger partial charge in [0.1, 0.15) is 23.5 Å². The van der Waals surface area contributed by atoms with Crippen LogP contribution in [0.15, 0.2) is 65.1 Å². The van der Waals surface area contributed by atoms with Crippen molar-refractivity contribution in [3.63, 3.8) is 0 Å². The van der Waals surface area contributed by atoms with Gasteiger partial charge in [-0.3, -0.25) is 4.79 Å². The Labute approximate surface area is 195 Å². The van der Waals surface area contributed by atoms with E-state index < -0.39 is 35.7 Å². The molecule has 2 heterocycles. The Kier molecular flexibility index (Phi) is 5.90. The number of furan rings is 1. The molecule has 0 bridgehead atoms. The Morgan fingerprint density at radius 1 is 1.06 bits per heavy atom. The van der Waals surface area contributed by atoms with Crippen molar-refractivity contribution in [1.29, 1.82) is 0 Å². The smallest absolute Gasteiger partial charge is 0.437 e. The molecular formula is C22H15Cl2F3N2O4. The van der Waals surface area contributed by atoms with Crippen molar-refractivity contribution in [3.8, 4) is 11.3 Å². The van der Waals surface area contributed by atoms with Crippen LogP contribution in [0.3, 0.4) is 0 Å². The lowest BCUT2D eigenvalue weighted by atomic mass is 9.79. The first-order chi connectivity index (χ1) is 15.5. The molecule has 172 valence electrons. The van der Waals surface area contributed by atoms with E-state index in [0.29, 0.717) is 10.6 Å². The van der Waals surface area contributed by atoms with Gasteiger partial charge in [0.2, 0.25) is 5.72 Å². The SMILES string of the molecule is O=C1N[C@H](c2ccc(-c3cc(Cl)ccc3Cl)o2)[C@@H](C(=O)c2ccccc2)[C@@](O)(C(F)(F)F)N1. The van der Waals surface area contributed by atoms with Gasteiger partial charge >= 0.3 is 12.2 Å². The summed E-state index contributed by atoms with van der Waals surface area (Å²) < 4.78 is 47.6. The first kappa shape index (κ1) is 23.2. The highest BCUT2D eigenvalue weighted by molar-refractivity contribution is 6.35. The molecule has 6 nitrogen and oxygen atoms in total. The van der Waals surface area contributed by atoms with E-state index in [1.54, 1.807) is 12.1 Å². The van der Waals surface area contributed by atoms with Gasteiger partial charge in [-0.2, -0.15) is 13.2 Å². The van der Waals surface area contributed by atoms with Crippen LogP contribution >= 0.6 is 23.2 Å². The van der Waals surface area contributed by atoms with E-state index in [4.69, 9.17) is 27.6 Å². The minimum atomic E-state index is -5.37. The van der Waals surface area contributed by atoms with Gasteiger partial charge in [0.15, 0.2) is 5.78 Å². The Morgan fingerprint density at radius 3 is 2.42 bits per heavy atom. The molecule has 3 N–H and O–H groups in total. The van der Waals surface area contributed by atoms with Crippen LogP contribution in [0.25, 0.3) is 11.3 Å². The molecule has 1 fully saturated rings. The largest absolute Gasteiger partial charge is 0.459 e. The van der Waals surface area contributed by atoms with Crippen LogP contribution in [-0.4, -0.2) is 28.8 Å². The van der Waals surface area contributed by atoms with Crippen molar-refractivity contribution >= 4 is 35.0 Å². The summed E-state index contributed by atoms with van der Waals surface area (Å²) in [6.07, 6.45) is -5.37. The summed E-state index contributed by atoms with van der Waals surface area (Å²) in [6.45, 7) is 0. The molecule has 1 aliphatic heterocycles. The highest BCUT2D eigenvalue weighted by atomic mass is 35.5. The molecule has 2 aromatic carbocycles. The molecular weight excluding hydrogens is 484 g/mol. The molecule has 3 aromatic rings. The molecule has 0 unspecified atom stereocenters. The van der Waals surface area contributed by atoms with Crippen molar-refractivity contribution in [3.05, 3.63) is 82.0 Å². The van der Waals surface area contributed by atoms with Crippen molar-refractivity contribution in [2.75, 3.05) is 0 Å². The third kappa shape index (κ3) is 4.19. The lowest BCUT2D eigenvalue weighted by Crippen LogP contribution is -2.72. The summed E-state index contributed by atoms with van der Waals surface area (Å²) >= 11 is 12.2. The normalized spacial score (nSPS) is 23.0. The number of alkyl halides is 3. The second-order valence-corrected chi connectivity index (χ2v) is 8.22. The van der Waals surface area contributed by atoms with Crippen molar-refractivity contribution in [2.24, 2.45) is 5.92 Å². The zero-order valence-corrected chi connectivity index (χ0v) is 18.0. The van der Waals surface area contributed by atoms with E-state index in [1.807, 2.05) is 0 Å². The minimum absolute atomic E-state index is 0.0854. The average molecular weight is 499 g/mol. The van der Waals surface area contributed by atoms with Crippen LogP contribution in [-0.2, 0) is 0 Å². The molecule has 2 amide bonds. The third-order valence-corrected chi connectivity index (χ3v) is 5.84. The molecule has 0 aliphatic carbocycles. The number of carbonyl (C=O) groups excluding carboxylic acids is 2. The zero-order chi connectivity index (χ0) is 24.0. The molecule has 4 rings (SSSR count). The second-order valence-electron chi connectivity index (χ2n) is 7.37. The summed E-state index contributed by atoms with van der Waals surface area (Å²) in [5.74, 6) is -3.29. The first-order valence-corrected chi connectivity index (χ1v) is 10.3. The predicted molar refractivity (Wildman–Crippen MR) is 114 cm³/mol. The predicted octanol–water partition coefficient (Wildman–Crippen LogP) is 5.36. The topological polar surface area (TPSA) is 91.6 Å². The highest BCUT2D eigenvalue weighted by Gasteiger charge is 2.66. The molecule has 0 spiro atoms. The van der Waals surface area contributed by atoms with Gasteiger partial charge < -0.3 is 20.2 Å². The lowest BCUT2D eigenvalue weighted by Gasteiger charge is -2.44. The Balaban J connectivity index is 1.83. The standard InChI is InChI=1S/C22H15Cl2F3N2O4/c23-12-6-7-14(24)13(10-12)15-8-9-16(33-15)18-17(19(30)11-4-2-1-3-5-11)21(32,22(25,26)27)29-20(31)28-18/h1-10,17-18,32H,(H2,28,29,31)/t17-,18+,21+/m0/s1. The zero-order valence-electron chi connectivity index (χ0n) is 16.5.